The number of anilines is 1. The van der Waals surface area contributed by atoms with Crippen molar-refractivity contribution in [2.24, 2.45) is 0 Å². The third kappa shape index (κ3) is 4.49. The molecule has 9 nitrogen and oxygen atoms in total. The molecule has 0 aliphatic heterocycles. The van der Waals surface area contributed by atoms with Gasteiger partial charge in [0.15, 0.2) is 6.61 Å². The normalized spacial score (nSPS) is 11.2. The average molecular weight is 450 g/mol. The van der Waals surface area contributed by atoms with E-state index in [9.17, 15) is 13.2 Å². The van der Waals surface area contributed by atoms with Gasteiger partial charge in [0.1, 0.15) is 0 Å². The molecule has 162 valence electrons. The van der Waals surface area contributed by atoms with Crippen molar-refractivity contribution in [1.82, 2.24) is 15.1 Å². The van der Waals surface area contributed by atoms with Crippen molar-refractivity contribution in [3.63, 3.8) is 0 Å². The zero-order valence-electron chi connectivity index (χ0n) is 17.0. The van der Waals surface area contributed by atoms with E-state index in [4.69, 9.17) is 9.26 Å². The van der Waals surface area contributed by atoms with E-state index in [1.807, 2.05) is 0 Å². The minimum atomic E-state index is -3.86. The van der Waals surface area contributed by atoms with Crippen LogP contribution in [0.25, 0.3) is 11.4 Å². The van der Waals surface area contributed by atoms with Crippen LogP contribution in [0.2, 0.25) is 0 Å². The first-order chi connectivity index (χ1) is 15.4. The fourth-order valence-corrected chi connectivity index (χ4v) is 4.10. The standard InChI is InChI=1S/C22H18N4O5S/c1-26(18-9-3-2-4-10-18)32(28,29)19-11-5-7-16(13-19)22(27)30-15-20-24-21(25-31-20)17-8-6-12-23-14-17/h2-14H,15H2,1H3. The molecule has 0 saturated heterocycles. The van der Waals surface area contributed by atoms with E-state index in [2.05, 4.69) is 15.1 Å². The van der Waals surface area contributed by atoms with Crippen molar-refractivity contribution in [1.29, 1.82) is 0 Å². The average Bonchev–Trinajstić information content (AvgIpc) is 3.32. The molecule has 0 N–H and O–H groups in total. The second kappa shape index (κ2) is 8.98. The Bertz CT molecular complexity index is 1320. The van der Waals surface area contributed by atoms with Crippen LogP contribution in [0, 0.1) is 0 Å². The molecule has 0 amide bonds. The van der Waals surface area contributed by atoms with Crippen molar-refractivity contribution in [2.45, 2.75) is 11.5 Å². The highest BCUT2D eigenvalue weighted by molar-refractivity contribution is 7.92. The first-order valence-corrected chi connectivity index (χ1v) is 10.9. The molecule has 0 bridgehead atoms. The molecule has 0 saturated carbocycles. The van der Waals surface area contributed by atoms with Crippen LogP contribution in [0.5, 0.6) is 0 Å². The molecule has 2 aromatic heterocycles. The summed E-state index contributed by atoms with van der Waals surface area (Å²) in [6.07, 6.45) is 3.21. The maximum absolute atomic E-state index is 13.0. The van der Waals surface area contributed by atoms with Gasteiger partial charge in [-0.25, -0.2) is 13.2 Å². The number of para-hydroxylation sites is 1. The van der Waals surface area contributed by atoms with Gasteiger partial charge in [-0.05, 0) is 42.5 Å². The number of aromatic nitrogens is 3. The molecule has 0 fully saturated rings. The van der Waals surface area contributed by atoms with Gasteiger partial charge in [-0.15, -0.1) is 0 Å². The van der Waals surface area contributed by atoms with Gasteiger partial charge in [0.05, 0.1) is 16.1 Å². The number of carbonyl (C=O) groups is 1. The number of esters is 1. The molecule has 32 heavy (non-hydrogen) atoms. The summed E-state index contributed by atoms with van der Waals surface area (Å²) in [7, 11) is -2.41. The van der Waals surface area contributed by atoms with E-state index in [1.54, 1.807) is 54.9 Å². The molecule has 0 atom stereocenters. The summed E-state index contributed by atoms with van der Waals surface area (Å²) in [4.78, 5) is 20.6. The number of rotatable bonds is 7. The van der Waals surface area contributed by atoms with Crippen molar-refractivity contribution < 1.29 is 22.5 Å². The lowest BCUT2D eigenvalue weighted by Gasteiger charge is -2.19. The van der Waals surface area contributed by atoms with Crippen LogP contribution in [0.15, 0.2) is 88.5 Å². The first-order valence-electron chi connectivity index (χ1n) is 9.49. The van der Waals surface area contributed by atoms with Crippen LogP contribution >= 0.6 is 0 Å². The van der Waals surface area contributed by atoms with Crippen LogP contribution in [0.3, 0.4) is 0 Å². The number of benzene rings is 2. The van der Waals surface area contributed by atoms with E-state index in [0.717, 1.165) is 4.31 Å². The Morgan fingerprint density at radius 2 is 1.88 bits per heavy atom. The lowest BCUT2D eigenvalue weighted by atomic mass is 10.2. The van der Waals surface area contributed by atoms with Crippen molar-refractivity contribution in [3.8, 4) is 11.4 Å². The van der Waals surface area contributed by atoms with Gasteiger partial charge >= 0.3 is 5.97 Å². The number of hydrogen-bond donors (Lipinski definition) is 0. The Hall–Kier alpha value is -4.05. The Morgan fingerprint density at radius 1 is 1.06 bits per heavy atom. The summed E-state index contributed by atoms with van der Waals surface area (Å²) < 4.78 is 37.4. The summed E-state index contributed by atoms with van der Waals surface area (Å²) in [5, 5.41) is 3.83. The number of hydrogen-bond acceptors (Lipinski definition) is 8. The third-order valence-electron chi connectivity index (χ3n) is 4.56. The van der Waals surface area contributed by atoms with Gasteiger partial charge in [0.25, 0.3) is 15.9 Å². The van der Waals surface area contributed by atoms with Crippen molar-refractivity contribution in [2.75, 3.05) is 11.4 Å². The van der Waals surface area contributed by atoms with Crippen LogP contribution in [0.1, 0.15) is 16.2 Å². The Kier molecular flexibility index (Phi) is 5.95. The highest BCUT2D eigenvalue weighted by Crippen LogP contribution is 2.23. The molecule has 2 heterocycles. The number of ether oxygens (including phenoxy) is 1. The monoisotopic (exact) mass is 450 g/mol. The summed E-state index contributed by atoms with van der Waals surface area (Å²) in [5.41, 5.74) is 1.25. The molecule has 0 unspecified atom stereocenters. The molecule has 2 aromatic carbocycles. The van der Waals surface area contributed by atoms with Crippen LogP contribution < -0.4 is 4.31 Å². The van der Waals surface area contributed by atoms with E-state index in [0.29, 0.717) is 17.1 Å². The summed E-state index contributed by atoms with van der Waals surface area (Å²) in [5.74, 6) is -0.295. The van der Waals surface area contributed by atoms with Crippen LogP contribution in [-0.4, -0.2) is 36.6 Å². The predicted molar refractivity (Wildman–Crippen MR) is 115 cm³/mol. The highest BCUT2D eigenvalue weighted by Gasteiger charge is 2.23. The molecule has 0 radical (unpaired) electrons. The molecule has 0 aliphatic rings. The summed E-state index contributed by atoms with van der Waals surface area (Å²) in [6, 6.07) is 17.8. The third-order valence-corrected chi connectivity index (χ3v) is 6.34. The fraction of sp³-hybridized carbons (Fsp3) is 0.0909. The van der Waals surface area contributed by atoms with E-state index in [-0.39, 0.29) is 23.0 Å². The number of sulfonamides is 1. The van der Waals surface area contributed by atoms with Gasteiger partial charge in [-0.2, -0.15) is 4.98 Å². The van der Waals surface area contributed by atoms with Crippen LogP contribution in [-0.2, 0) is 21.4 Å². The number of carbonyl (C=O) groups excluding carboxylic acids is 1. The van der Waals surface area contributed by atoms with Crippen molar-refractivity contribution >= 4 is 21.7 Å². The van der Waals surface area contributed by atoms with Gasteiger partial charge in [0, 0.05) is 25.0 Å². The van der Waals surface area contributed by atoms with Gasteiger partial charge in [-0.3, -0.25) is 9.29 Å². The quantitative estimate of drug-likeness (QED) is 0.394. The Morgan fingerprint density at radius 3 is 2.62 bits per heavy atom. The minimum Gasteiger partial charge on any atom is -0.452 e. The fourth-order valence-electron chi connectivity index (χ4n) is 2.85. The van der Waals surface area contributed by atoms with E-state index < -0.39 is 16.0 Å². The topological polar surface area (TPSA) is 115 Å². The molecule has 10 heteroatoms. The second-order valence-electron chi connectivity index (χ2n) is 6.67. The van der Waals surface area contributed by atoms with E-state index in [1.165, 1.54) is 31.3 Å². The maximum Gasteiger partial charge on any atom is 0.338 e. The number of pyridine rings is 1. The lowest BCUT2D eigenvalue weighted by Crippen LogP contribution is -2.26. The molecule has 4 rings (SSSR count). The Labute approximate surface area is 184 Å². The lowest BCUT2D eigenvalue weighted by molar-refractivity contribution is 0.0429. The molecule has 0 aliphatic carbocycles. The second-order valence-corrected chi connectivity index (χ2v) is 8.63. The summed E-state index contributed by atoms with van der Waals surface area (Å²) in [6.45, 7) is -0.257. The first kappa shape index (κ1) is 21.2. The minimum absolute atomic E-state index is 0.0324. The molecular formula is C22H18N4O5S. The smallest absolute Gasteiger partial charge is 0.338 e. The Balaban J connectivity index is 1.46. The molecular weight excluding hydrogens is 432 g/mol. The zero-order chi connectivity index (χ0) is 22.6. The van der Waals surface area contributed by atoms with E-state index >= 15 is 0 Å². The van der Waals surface area contributed by atoms with Crippen molar-refractivity contribution in [3.05, 3.63) is 90.6 Å². The largest absolute Gasteiger partial charge is 0.452 e. The predicted octanol–water partition coefficient (Wildman–Crippen LogP) is 3.31. The summed E-state index contributed by atoms with van der Waals surface area (Å²) >= 11 is 0. The van der Waals surface area contributed by atoms with Gasteiger partial charge < -0.3 is 9.26 Å². The SMILES string of the molecule is CN(c1ccccc1)S(=O)(=O)c1cccc(C(=O)OCc2nc(-c3cccnc3)no2)c1. The highest BCUT2D eigenvalue weighted by atomic mass is 32.2. The zero-order valence-corrected chi connectivity index (χ0v) is 17.8. The maximum atomic E-state index is 13.0. The van der Waals surface area contributed by atoms with Gasteiger partial charge in [-0.1, -0.05) is 29.4 Å². The van der Waals surface area contributed by atoms with Crippen LogP contribution in [0.4, 0.5) is 5.69 Å². The van der Waals surface area contributed by atoms with Gasteiger partial charge in [0.2, 0.25) is 5.82 Å². The number of nitrogens with zero attached hydrogens (tertiary/aromatic N) is 4. The molecule has 0 spiro atoms. The molecule has 4 aromatic rings.